The summed E-state index contributed by atoms with van der Waals surface area (Å²) in [6.45, 7) is 5.91. The van der Waals surface area contributed by atoms with Crippen molar-refractivity contribution in [1.82, 2.24) is 14.9 Å². The Labute approximate surface area is 256 Å². The van der Waals surface area contributed by atoms with Gasteiger partial charge in [0.1, 0.15) is 17.1 Å². The number of carboxylic acid groups (broad SMARTS) is 1. The molecule has 232 valence electrons. The van der Waals surface area contributed by atoms with Gasteiger partial charge in [0.05, 0.1) is 23.0 Å². The summed E-state index contributed by atoms with van der Waals surface area (Å²) < 4.78 is 60.5. The van der Waals surface area contributed by atoms with E-state index in [1.807, 2.05) is 0 Å². The van der Waals surface area contributed by atoms with E-state index in [2.05, 4.69) is 9.97 Å². The van der Waals surface area contributed by atoms with Gasteiger partial charge in [0.15, 0.2) is 0 Å². The fraction of sp³-hybridized carbons (Fsp3) is 0.235. The molecule has 0 fully saturated rings. The predicted molar refractivity (Wildman–Crippen MR) is 159 cm³/mol. The van der Waals surface area contributed by atoms with Gasteiger partial charge in [-0.2, -0.15) is 13.2 Å². The van der Waals surface area contributed by atoms with Crippen molar-refractivity contribution in [2.75, 3.05) is 0 Å². The van der Waals surface area contributed by atoms with E-state index in [9.17, 15) is 27.9 Å². The molecule has 3 aromatic heterocycles. The zero-order valence-corrected chi connectivity index (χ0v) is 24.9. The van der Waals surface area contributed by atoms with Crippen molar-refractivity contribution in [1.29, 1.82) is 0 Å². The second kappa shape index (κ2) is 11.8. The lowest BCUT2D eigenvalue weighted by molar-refractivity contribution is -0.153. The fourth-order valence-electron chi connectivity index (χ4n) is 5.00. The van der Waals surface area contributed by atoms with Crippen molar-refractivity contribution >= 4 is 22.9 Å². The summed E-state index contributed by atoms with van der Waals surface area (Å²) in [6.07, 6.45) is -3.21. The van der Waals surface area contributed by atoms with Gasteiger partial charge in [-0.3, -0.25) is 19.6 Å². The molecular weight excluding hydrogens is 590 g/mol. The van der Waals surface area contributed by atoms with Gasteiger partial charge in [-0.25, -0.2) is 4.39 Å². The van der Waals surface area contributed by atoms with Crippen LogP contribution in [0.1, 0.15) is 58.1 Å². The molecule has 5 aromatic rings. The molecule has 7 nitrogen and oxygen atoms in total. The first-order chi connectivity index (χ1) is 21.2. The van der Waals surface area contributed by atoms with E-state index in [-0.39, 0.29) is 30.0 Å². The molecule has 0 aliphatic heterocycles. The van der Waals surface area contributed by atoms with Crippen molar-refractivity contribution in [2.45, 2.75) is 52.4 Å². The van der Waals surface area contributed by atoms with Crippen molar-refractivity contribution in [3.8, 4) is 11.1 Å². The number of benzene rings is 2. The van der Waals surface area contributed by atoms with E-state index in [4.69, 9.17) is 4.42 Å². The van der Waals surface area contributed by atoms with Gasteiger partial charge < -0.3 is 14.4 Å². The SMILES string of the molecule is Cc1nc2cccnc2c(C(=O)N(Cc2ccc(C(F)(F)F)o2)Cc2ccc(-c3cccc(C(C)(C)C(=O)O)c3)cc2F)c1C. The average Bonchev–Trinajstić information content (AvgIpc) is 3.47. The molecule has 2 aromatic carbocycles. The number of carbonyl (C=O) groups is 2. The van der Waals surface area contributed by atoms with Crippen LogP contribution in [-0.4, -0.2) is 31.9 Å². The second-order valence-corrected chi connectivity index (χ2v) is 11.3. The molecule has 0 bridgehead atoms. The number of aryl methyl sites for hydroxylation is 1. The fourth-order valence-corrected chi connectivity index (χ4v) is 5.00. The predicted octanol–water partition coefficient (Wildman–Crippen LogP) is 7.87. The summed E-state index contributed by atoms with van der Waals surface area (Å²) in [5.74, 6) is -3.59. The molecule has 11 heteroatoms. The standard InChI is InChI=1S/C34H29F4N3O4/c1-19-20(2)40-27-9-6-14-39-30(27)29(19)31(42)41(18-25-12-13-28(45-25)34(36,37)38)17-23-11-10-22(16-26(23)35)21-7-5-8-24(15-21)33(3,4)32(43)44/h5-16H,17-18H2,1-4H3,(H,43,44). The lowest BCUT2D eigenvalue weighted by Gasteiger charge is -2.24. The molecule has 1 amide bonds. The van der Waals surface area contributed by atoms with Gasteiger partial charge in [0.25, 0.3) is 5.91 Å². The van der Waals surface area contributed by atoms with Gasteiger partial charge in [0.2, 0.25) is 5.76 Å². The summed E-state index contributed by atoms with van der Waals surface area (Å²) in [6, 6.07) is 16.5. The monoisotopic (exact) mass is 619 g/mol. The topological polar surface area (TPSA) is 96.5 Å². The molecule has 0 unspecified atom stereocenters. The molecule has 5 rings (SSSR count). The summed E-state index contributed by atoms with van der Waals surface area (Å²) in [7, 11) is 0. The Morgan fingerprint density at radius 2 is 1.67 bits per heavy atom. The summed E-state index contributed by atoms with van der Waals surface area (Å²) in [5, 5.41) is 9.62. The Morgan fingerprint density at radius 3 is 2.33 bits per heavy atom. The Bertz CT molecular complexity index is 1930. The number of aromatic nitrogens is 2. The Balaban J connectivity index is 1.53. The minimum atomic E-state index is -4.72. The number of amides is 1. The highest BCUT2D eigenvalue weighted by Gasteiger charge is 2.35. The first-order valence-corrected chi connectivity index (χ1v) is 14.0. The van der Waals surface area contributed by atoms with Crippen LogP contribution in [0.2, 0.25) is 0 Å². The number of fused-ring (bicyclic) bond motifs is 1. The number of aliphatic carboxylic acids is 1. The third-order valence-electron chi connectivity index (χ3n) is 7.88. The van der Waals surface area contributed by atoms with E-state index in [1.54, 1.807) is 70.2 Å². The van der Waals surface area contributed by atoms with E-state index in [0.29, 0.717) is 39.0 Å². The largest absolute Gasteiger partial charge is 0.481 e. The quantitative estimate of drug-likeness (QED) is 0.178. The molecule has 0 aliphatic rings. The Morgan fingerprint density at radius 1 is 0.933 bits per heavy atom. The molecular formula is C34H29F4N3O4. The van der Waals surface area contributed by atoms with Gasteiger partial charge in [-0.1, -0.05) is 36.4 Å². The molecule has 0 saturated carbocycles. The number of carbonyl (C=O) groups excluding carboxylic acids is 1. The smallest absolute Gasteiger partial charge is 0.449 e. The van der Waals surface area contributed by atoms with Crippen LogP contribution < -0.4 is 0 Å². The number of hydrogen-bond acceptors (Lipinski definition) is 5. The van der Waals surface area contributed by atoms with Crippen LogP contribution in [0.25, 0.3) is 22.2 Å². The molecule has 0 atom stereocenters. The molecule has 0 aliphatic carbocycles. The zero-order valence-electron chi connectivity index (χ0n) is 24.9. The summed E-state index contributed by atoms with van der Waals surface area (Å²) >= 11 is 0. The number of rotatable bonds is 8. The third kappa shape index (κ3) is 6.29. The number of nitrogens with zero attached hydrogens (tertiary/aromatic N) is 3. The zero-order chi connectivity index (χ0) is 32.7. The maximum absolute atomic E-state index is 15.7. The van der Waals surface area contributed by atoms with Gasteiger partial charge in [0, 0.05) is 24.0 Å². The lowest BCUT2D eigenvalue weighted by atomic mass is 9.83. The van der Waals surface area contributed by atoms with E-state index in [0.717, 1.165) is 12.1 Å². The van der Waals surface area contributed by atoms with E-state index in [1.165, 1.54) is 23.2 Å². The Kier molecular flexibility index (Phi) is 8.22. The summed E-state index contributed by atoms with van der Waals surface area (Å²) in [5.41, 5.74) is 2.63. The minimum Gasteiger partial charge on any atom is -0.481 e. The van der Waals surface area contributed by atoms with Crippen molar-refractivity contribution in [3.05, 3.63) is 118 Å². The van der Waals surface area contributed by atoms with Crippen LogP contribution in [0.4, 0.5) is 17.6 Å². The normalized spacial score (nSPS) is 12.0. The first kappa shape index (κ1) is 31.4. The van der Waals surface area contributed by atoms with Crippen LogP contribution in [-0.2, 0) is 29.5 Å². The molecule has 3 heterocycles. The van der Waals surface area contributed by atoms with Crippen molar-refractivity contribution < 1.29 is 36.7 Å². The molecule has 0 spiro atoms. The molecule has 1 N–H and O–H groups in total. The van der Waals surface area contributed by atoms with E-state index >= 15 is 4.39 Å². The minimum absolute atomic E-state index is 0.109. The maximum atomic E-state index is 15.7. The maximum Gasteiger partial charge on any atom is 0.449 e. The second-order valence-electron chi connectivity index (χ2n) is 11.3. The number of furan rings is 1. The van der Waals surface area contributed by atoms with Crippen LogP contribution in [0, 0.1) is 19.7 Å². The third-order valence-corrected chi connectivity index (χ3v) is 7.88. The van der Waals surface area contributed by atoms with Crippen LogP contribution in [0.3, 0.4) is 0 Å². The first-order valence-electron chi connectivity index (χ1n) is 14.0. The number of alkyl halides is 3. The van der Waals surface area contributed by atoms with Crippen LogP contribution in [0.15, 0.2) is 77.3 Å². The van der Waals surface area contributed by atoms with Crippen LogP contribution >= 0.6 is 0 Å². The van der Waals surface area contributed by atoms with Crippen LogP contribution in [0.5, 0.6) is 0 Å². The van der Waals surface area contributed by atoms with Gasteiger partial charge in [-0.15, -0.1) is 0 Å². The Hall–Kier alpha value is -5.06. The highest BCUT2D eigenvalue weighted by Crippen LogP contribution is 2.33. The summed E-state index contributed by atoms with van der Waals surface area (Å²) in [4.78, 5) is 36.0. The molecule has 45 heavy (non-hydrogen) atoms. The highest BCUT2D eigenvalue weighted by molar-refractivity contribution is 6.06. The lowest BCUT2D eigenvalue weighted by Crippen LogP contribution is -2.31. The number of hydrogen-bond donors (Lipinski definition) is 1. The van der Waals surface area contributed by atoms with Crippen molar-refractivity contribution in [2.24, 2.45) is 0 Å². The number of halogens is 4. The average molecular weight is 620 g/mol. The number of pyridine rings is 2. The molecule has 0 radical (unpaired) electrons. The van der Waals surface area contributed by atoms with Gasteiger partial charge >= 0.3 is 12.1 Å². The highest BCUT2D eigenvalue weighted by atomic mass is 19.4. The van der Waals surface area contributed by atoms with Crippen molar-refractivity contribution in [3.63, 3.8) is 0 Å². The number of carboxylic acids is 1. The van der Waals surface area contributed by atoms with E-state index < -0.39 is 35.0 Å². The van der Waals surface area contributed by atoms with Gasteiger partial charge in [-0.05, 0) is 80.3 Å². The molecule has 0 saturated heterocycles.